The van der Waals surface area contributed by atoms with Crippen molar-refractivity contribution in [2.75, 3.05) is 12.4 Å². The number of nitrogens with one attached hydrogen (secondary N) is 1. The summed E-state index contributed by atoms with van der Waals surface area (Å²) >= 11 is 6.95. The highest BCUT2D eigenvalue weighted by Crippen LogP contribution is 2.34. The Hall–Kier alpha value is -1.51. The maximum absolute atomic E-state index is 8.89. The molecule has 0 aliphatic carbocycles. The highest BCUT2D eigenvalue weighted by Gasteiger charge is 2.07. The predicted octanol–water partition coefficient (Wildman–Crippen LogP) is 4.70. The molecule has 0 spiro atoms. The van der Waals surface area contributed by atoms with E-state index in [2.05, 4.69) is 43.2 Å². The van der Waals surface area contributed by atoms with Crippen LogP contribution in [-0.4, -0.2) is 7.11 Å². The van der Waals surface area contributed by atoms with Crippen molar-refractivity contribution in [2.45, 2.75) is 6.54 Å². The first-order chi connectivity index (χ1) is 9.63. The number of hydrogen-bond acceptors (Lipinski definition) is 3. The van der Waals surface area contributed by atoms with Gasteiger partial charge in [-0.2, -0.15) is 5.26 Å². The molecular formula is C15H12Br2N2O. The summed E-state index contributed by atoms with van der Waals surface area (Å²) in [4.78, 5) is 0. The molecule has 20 heavy (non-hydrogen) atoms. The lowest BCUT2D eigenvalue weighted by Crippen LogP contribution is -2.01. The molecule has 0 saturated heterocycles. The van der Waals surface area contributed by atoms with Gasteiger partial charge in [0.2, 0.25) is 0 Å². The molecule has 0 saturated carbocycles. The number of nitriles is 1. The zero-order valence-corrected chi connectivity index (χ0v) is 14.0. The van der Waals surface area contributed by atoms with Crippen molar-refractivity contribution >= 4 is 37.5 Å². The van der Waals surface area contributed by atoms with Gasteiger partial charge in [-0.05, 0) is 55.6 Å². The summed E-state index contributed by atoms with van der Waals surface area (Å²) in [7, 11) is 1.63. The van der Waals surface area contributed by atoms with Crippen LogP contribution in [0.15, 0.2) is 45.3 Å². The van der Waals surface area contributed by atoms with Gasteiger partial charge in [0, 0.05) is 17.1 Å². The summed E-state index contributed by atoms with van der Waals surface area (Å²) < 4.78 is 7.12. The minimum atomic E-state index is 0.638. The topological polar surface area (TPSA) is 45.0 Å². The second-order valence-electron chi connectivity index (χ2n) is 4.13. The fourth-order valence-corrected chi connectivity index (χ4v) is 3.07. The number of nitrogens with zero attached hydrogens (tertiary/aromatic N) is 1. The molecule has 2 aromatic carbocycles. The maximum Gasteiger partial charge on any atom is 0.135 e. The van der Waals surface area contributed by atoms with Gasteiger partial charge in [0.05, 0.1) is 28.9 Å². The van der Waals surface area contributed by atoms with E-state index in [0.717, 1.165) is 25.9 Å². The molecular weight excluding hydrogens is 384 g/mol. The molecule has 1 N–H and O–H groups in total. The van der Waals surface area contributed by atoms with Gasteiger partial charge in [0.15, 0.2) is 0 Å². The Morgan fingerprint density at radius 2 is 2.00 bits per heavy atom. The van der Waals surface area contributed by atoms with Crippen LogP contribution in [0.5, 0.6) is 5.75 Å². The summed E-state index contributed by atoms with van der Waals surface area (Å²) in [6.07, 6.45) is 0. The molecule has 5 heteroatoms. The zero-order valence-electron chi connectivity index (χ0n) is 10.8. The molecule has 0 aromatic heterocycles. The fraction of sp³-hybridized carbons (Fsp3) is 0.133. The first-order valence-corrected chi connectivity index (χ1v) is 7.48. The van der Waals surface area contributed by atoms with Gasteiger partial charge in [-0.3, -0.25) is 0 Å². The van der Waals surface area contributed by atoms with Crippen LogP contribution in [0.25, 0.3) is 0 Å². The van der Waals surface area contributed by atoms with Crippen molar-refractivity contribution in [3.8, 4) is 11.8 Å². The highest BCUT2D eigenvalue weighted by molar-refractivity contribution is 9.11. The van der Waals surface area contributed by atoms with E-state index in [4.69, 9.17) is 10.00 Å². The lowest BCUT2D eigenvalue weighted by molar-refractivity contribution is 0.412. The van der Waals surface area contributed by atoms with Crippen LogP contribution in [-0.2, 0) is 6.54 Å². The average Bonchev–Trinajstić information content (AvgIpc) is 2.46. The van der Waals surface area contributed by atoms with Crippen molar-refractivity contribution in [3.05, 3.63) is 56.5 Å². The van der Waals surface area contributed by atoms with E-state index in [9.17, 15) is 0 Å². The second-order valence-corrected chi connectivity index (χ2v) is 5.84. The summed E-state index contributed by atoms with van der Waals surface area (Å²) in [6, 6.07) is 13.5. The zero-order chi connectivity index (χ0) is 14.5. The van der Waals surface area contributed by atoms with E-state index < -0.39 is 0 Å². The fourth-order valence-electron chi connectivity index (χ4n) is 1.77. The first-order valence-electron chi connectivity index (χ1n) is 5.90. The quantitative estimate of drug-likeness (QED) is 0.815. The molecule has 3 nitrogen and oxygen atoms in total. The molecule has 0 aliphatic heterocycles. The SMILES string of the molecule is COc1cc(NCc2cccc(C#N)c2)c(Br)cc1Br. The third kappa shape index (κ3) is 3.53. The molecule has 2 rings (SSSR count). The molecule has 0 bridgehead atoms. The number of halogens is 2. The Kier molecular flexibility index (Phi) is 5.05. The minimum absolute atomic E-state index is 0.638. The average molecular weight is 396 g/mol. The van der Waals surface area contributed by atoms with Gasteiger partial charge >= 0.3 is 0 Å². The number of hydrogen-bond donors (Lipinski definition) is 1. The minimum Gasteiger partial charge on any atom is -0.495 e. The number of ether oxygens (including phenoxy) is 1. The van der Waals surface area contributed by atoms with Crippen molar-refractivity contribution in [3.63, 3.8) is 0 Å². The van der Waals surface area contributed by atoms with Crippen LogP contribution in [0.1, 0.15) is 11.1 Å². The summed E-state index contributed by atoms with van der Waals surface area (Å²) in [5.41, 5.74) is 2.65. The molecule has 0 fully saturated rings. The van der Waals surface area contributed by atoms with Gasteiger partial charge < -0.3 is 10.1 Å². The molecule has 102 valence electrons. The number of anilines is 1. The van der Waals surface area contributed by atoms with Gasteiger partial charge in [0.1, 0.15) is 5.75 Å². The maximum atomic E-state index is 8.89. The van der Waals surface area contributed by atoms with Gasteiger partial charge in [-0.1, -0.05) is 12.1 Å². The second kappa shape index (κ2) is 6.78. The van der Waals surface area contributed by atoms with Crippen LogP contribution in [0.4, 0.5) is 5.69 Å². The van der Waals surface area contributed by atoms with Crippen molar-refractivity contribution < 1.29 is 4.74 Å². The van der Waals surface area contributed by atoms with Crippen molar-refractivity contribution in [2.24, 2.45) is 0 Å². The molecule has 0 atom stereocenters. The molecule has 0 radical (unpaired) electrons. The van der Waals surface area contributed by atoms with Crippen LogP contribution < -0.4 is 10.1 Å². The van der Waals surface area contributed by atoms with E-state index in [0.29, 0.717) is 12.1 Å². The third-order valence-electron chi connectivity index (χ3n) is 2.78. The molecule has 0 amide bonds. The van der Waals surface area contributed by atoms with Crippen molar-refractivity contribution in [1.82, 2.24) is 0 Å². The molecule has 0 unspecified atom stereocenters. The van der Waals surface area contributed by atoms with Crippen LogP contribution in [0, 0.1) is 11.3 Å². The van der Waals surface area contributed by atoms with Gasteiger partial charge in [-0.25, -0.2) is 0 Å². The Morgan fingerprint density at radius 1 is 1.20 bits per heavy atom. The number of benzene rings is 2. The predicted molar refractivity (Wildman–Crippen MR) is 86.9 cm³/mol. The molecule has 0 heterocycles. The monoisotopic (exact) mass is 394 g/mol. The smallest absolute Gasteiger partial charge is 0.135 e. The van der Waals surface area contributed by atoms with E-state index in [-0.39, 0.29) is 0 Å². The molecule has 2 aromatic rings. The third-order valence-corrected chi connectivity index (χ3v) is 4.06. The Morgan fingerprint density at radius 3 is 2.70 bits per heavy atom. The number of methoxy groups -OCH3 is 1. The Bertz CT molecular complexity index is 665. The van der Waals surface area contributed by atoms with Gasteiger partial charge in [0.25, 0.3) is 0 Å². The van der Waals surface area contributed by atoms with Crippen molar-refractivity contribution in [1.29, 1.82) is 5.26 Å². The summed E-state index contributed by atoms with van der Waals surface area (Å²) in [5.74, 6) is 0.765. The first kappa shape index (κ1) is 14.9. The summed E-state index contributed by atoms with van der Waals surface area (Å²) in [6.45, 7) is 0.638. The lowest BCUT2D eigenvalue weighted by atomic mass is 10.1. The van der Waals surface area contributed by atoms with Crippen LogP contribution in [0.3, 0.4) is 0 Å². The van der Waals surface area contributed by atoms with Crippen LogP contribution >= 0.6 is 31.9 Å². The normalized spacial score (nSPS) is 9.90. The van der Waals surface area contributed by atoms with E-state index in [1.807, 2.05) is 30.3 Å². The van der Waals surface area contributed by atoms with Gasteiger partial charge in [-0.15, -0.1) is 0 Å². The Balaban J connectivity index is 2.16. The van der Waals surface area contributed by atoms with E-state index in [1.54, 1.807) is 13.2 Å². The highest BCUT2D eigenvalue weighted by atomic mass is 79.9. The summed E-state index contributed by atoms with van der Waals surface area (Å²) in [5, 5.41) is 12.2. The Labute approximate surface area is 134 Å². The standard InChI is InChI=1S/C15H12Br2N2O/c1-20-15-7-14(12(16)6-13(15)17)19-9-11-4-2-3-10(5-11)8-18/h2-7,19H,9H2,1H3. The van der Waals surface area contributed by atoms with E-state index in [1.165, 1.54) is 0 Å². The lowest BCUT2D eigenvalue weighted by Gasteiger charge is -2.12. The molecule has 0 aliphatic rings. The largest absolute Gasteiger partial charge is 0.495 e. The number of rotatable bonds is 4. The van der Waals surface area contributed by atoms with E-state index >= 15 is 0 Å². The van der Waals surface area contributed by atoms with Crippen LogP contribution in [0.2, 0.25) is 0 Å².